The highest BCUT2D eigenvalue weighted by Gasteiger charge is 2.13. The number of halogens is 1. The van der Waals surface area contributed by atoms with Crippen molar-refractivity contribution in [3.8, 4) is 0 Å². The summed E-state index contributed by atoms with van der Waals surface area (Å²) in [4.78, 5) is 19.7. The van der Waals surface area contributed by atoms with E-state index in [9.17, 15) is 4.79 Å². The lowest BCUT2D eigenvalue weighted by Crippen LogP contribution is -2.48. The lowest BCUT2D eigenvalue weighted by Gasteiger charge is -2.21. The van der Waals surface area contributed by atoms with E-state index in [2.05, 4.69) is 25.9 Å². The van der Waals surface area contributed by atoms with Crippen LogP contribution in [0.1, 0.15) is 20.8 Å². The minimum Gasteiger partial charge on any atom is -0.355 e. The summed E-state index contributed by atoms with van der Waals surface area (Å²) in [5.41, 5.74) is -0.225. The topological polar surface area (TPSA) is 83.3 Å². The molecule has 1 rings (SSSR count). The molecule has 120 valence electrons. The Bertz CT molecular complexity index is 438. The first-order chi connectivity index (χ1) is 9.40. The fourth-order valence-electron chi connectivity index (χ4n) is 1.57. The van der Waals surface area contributed by atoms with Gasteiger partial charge in [-0.15, -0.1) is 24.0 Å². The van der Waals surface area contributed by atoms with Crippen LogP contribution >= 0.6 is 24.0 Å². The van der Waals surface area contributed by atoms with E-state index >= 15 is 0 Å². The van der Waals surface area contributed by atoms with Gasteiger partial charge in [0.15, 0.2) is 5.96 Å². The van der Waals surface area contributed by atoms with Gasteiger partial charge in [0.2, 0.25) is 5.91 Å². The van der Waals surface area contributed by atoms with E-state index in [1.165, 1.54) is 0 Å². The van der Waals surface area contributed by atoms with Crippen LogP contribution in [0.3, 0.4) is 0 Å². The van der Waals surface area contributed by atoms with E-state index in [1.54, 1.807) is 19.6 Å². The van der Waals surface area contributed by atoms with Crippen LogP contribution < -0.4 is 16.0 Å². The minimum atomic E-state index is -0.225. The third-order valence-corrected chi connectivity index (χ3v) is 2.38. The van der Waals surface area contributed by atoms with Crippen molar-refractivity contribution in [1.82, 2.24) is 25.5 Å². The number of imidazole rings is 1. The Morgan fingerprint density at radius 3 is 2.57 bits per heavy atom. The number of aliphatic imine (C=N–C) groups is 1. The summed E-state index contributed by atoms with van der Waals surface area (Å²) in [6, 6.07) is 0. The predicted molar refractivity (Wildman–Crippen MR) is 94.9 cm³/mol. The molecule has 0 bridgehead atoms. The Morgan fingerprint density at radius 1 is 1.33 bits per heavy atom. The van der Waals surface area contributed by atoms with E-state index < -0.39 is 0 Å². The molecule has 0 spiro atoms. The molecule has 1 amide bonds. The molecule has 0 fully saturated rings. The van der Waals surface area contributed by atoms with Gasteiger partial charge in [-0.1, -0.05) is 0 Å². The molecule has 0 aliphatic carbocycles. The Labute approximate surface area is 143 Å². The maximum atomic E-state index is 11.7. The van der Waals surface area contributed by atoms with Gasteiger partial charge < -0.3 is 20.5 Å². The highest BCUT2D eigenvalue weighted by Crippen LogP contribution is 1.97. The summed E-state index contributed by atoms with van der Waals surface area (Å²) >= 11 is 0. The smallest absolute Gasteiger partial charge is 0.239 e. The Balaban J connectivity index is 0.00000400. The Hall–Kier alpha value is -1.32. The van der Waals surface area contributed by atoms with Crippen LogP contribution in [-0.2, 0) is 11.3 Å². The number of guanidine groups is 1. The van der Waals surface area contributed by atoms with E-state index in [-0.39, 0.29) is 42.0 Å². The van der Waals surface area contributed by atoms with Crippen LogP contribution in [-0.4, -0.2) is 47.1 Å². The molecule has 0 unspecified atom stereocenters. The molecule has 0 aromatic carbocycles. The lowest BCUT2D eigenvalue weighted by atomic mass is 10.1. The van der Waals surface area contributed by atoms with Crippen molar-refractivity contribution >= 4 is 35.8 Å². The zero-order chi connectivity index (χ0) is 15.0. The van der Waals surface area contributed by atoms with Gasteiger partial charge in [-0.2, -0.15) is 0 Å². The van der Waals surface area contributed by atoms with Crippen LogP contribution in [0.4, 0.5) is 0 Å². The number of carbonyl (C=O) groups is 1. The molecule has 0 radical (unpaired) electrons. The maximum absolute atomic E-state index is 11.7. The number of carbonyl (C=O) groups excluding carboxylic acids is 1. The van der Waals surface area contributed by atoms with Gasteiger partial charge in [-0.25, -0.2) is 4.98 Å². The molecule has 1 aromatic rings. The molecule has 8 heteroatoms. The molecule has 0 saturated carbocycles. The number of hydrogen-bond acceptors (Lipinski definition) is 3. The third-order valence-electron chi connectivity index (χ3n) is 2.38. The number of nitrogens with one attached hydrogen (secondary N) is 3. The van der Waals surface area contributed by atoms with Gasteiger partial charge in [-0.3, -0.25) is 9.79 Å². The molecular formula is C13H25IN6O. The van der Waals surface area contributed by atoms with Crippen molar-refractivity contribution in [2.24, 2.45) is 4.99 Å². The van der Waals surface area contributed by atoms with E-state index in [4.69, 9.17) is 0 Å². The normalized spacial score (nSPS) is 11.5. The van der Waals surface area contributed by atoms with Gasteiger partial charge in [0.25, 0.3) is 0 Å². The summed E-state index contributed by atoms with van der Waals surface area (Å²) in [7, 11) is 1.67. The number of amides is 1. The third kappa shape index (κ3) is 9.27. The first-order valence-electron chi connectivity index (χ1n) is 6.62. The summed E-state index contributed by atoms with van der Waals surface area (Å²) in [5.74, 6) is 0.546. The minimum absolute atomic E-state index is 0. The zero-order valence-corrected chi connectivity index (χ0v) is 15.3. The summed E-state index contributed by atoms with van der Waals surface area (Å²) in [6.07, 6.45) is 5.40. The number of rotatable bonds is 5. The van der Waals surface area contributed by atoms with Gasteiger partial charge in [-0.05, 0) is 20.8 Å². The van der Waals surface area contributed by atoms with Crippen LogP contribution in [0.2, 0.25) is 0 Å². The molecular weight excluding hydrogens is 383 g/mol. The lowest BCUT2D eigenvalue weighted by molar-refractivity contribution is -0.121. The van der Waals surface area contributed by atoms with Crippen LogP contribution in [0.5, 0.6) is 0 Å². The van der Waals surface area contributed by atoms with E-state index in [1.807, 2.05) is 31.5 Å². The highest BCUT2D eigenvalue weighted by molar-refractivity contribution is 14.0. The fourth-order valence-corrected chi connectivity index (χ4v) is 1.57. The second kappa shape index (κ2) is 9.59. The van der Waals surface area contributed by atoms with Crippen LogP contribution in [0, 0.1) is 0 Å². The average Bonchev–Trinajstić information content (AvgIpc) is 2.84. The fraction of sp³-hybridized carbons (Fsp3) is 0.615. The first kappa shape index (κ1) is 19.7. The van der Waals surface area contributed by atoms with Crippen molar-refractivity contribution in [2.75, 3.05) is 20.1 Å². The van der Waals surface area contributed by atoms with Crippen LogP contribution in [0.15, 0.2) is 23.7 Å². The number of nitrogens with zero attached hydrogens (tertiary/aromatic N) is 3. The summed E-state index contributed by atoms with van der Waals surface area (Å²) < 4.78 is 1.96. The van der Waals surface area contributed by atoms with Gasteiger partial charge in [0, 0.05) is 38.1 Å². The van der Waals surface area contributed by atoms with Crippen molar-refractivity contribution in [2.45, 2.75) is 32.9 Å². The van der Waals surface area contributed by atoms with Gasteiger partial charge in [0.05, 0.1) is 12.9 Å². The van der Waals surface area contributed by atoms with E-state index in [0.29, 0.717) is 12.5 Å². The largest absolute Gasteiger partial charge is 0.355 e. The molecule has 0 atom stereocenters. The highest BCUT2D eigenvalue weighted by atomic mass is 127. The summed E-state index contributed by atoms with van der Waals surface area (Å²) in [5, 5.41) is 8.99. The molecule has 0 saturated heterocycles. The van der Waals surface area contributed by atoms with E-state index in [0.717, 1.165) is 6.54 Å². The molecule has 1 aromatic heterocycles. The maximum Gasteiger partial charge on any atom is 0.239 e. The number of aromatic nitrogens is 2. The average molecular weight is 408 g/mol. The Kier molecular flexibility index (Phi) is 8.98. The molecule has 7 nitrogen and oxygen atoms in total. The van der Waals surface area contributed by atoms with Crippen molar-refractivity contribution < 1.29 is 4.79 Å². The Morgan fingerprint density at radius 2 is 2.05 bits per heavy atom. The molecule has 0 aliphatic heterocycles. The van der Waals surface area contributed by atoms with Gasteiger partial charge in [0.1, 0.15) is 0 Å². The second-order valence-electron chi connectivity index (χ2n) is 5.45. The number of hydrogen-bond donors (Lipinski definition) is 3. The van der Waals surface area contributed by atoms with Crippen molar-refractivity contribution in [3.63, 3.8) is 0 Å². The molecule has 3 N–H and O–H groups in total. The van der Waals surface area contributed by atoms with Crippen LogP contribution in [0.25, 0.3) is 0 Å². The second-order valence-corrected chi connectivity index (χ2v) is 5.45. The molecule has 1 heterocycles. The monoisotopic (exact) mass is 408 g/mol. The standard InChI is InChI=1S/C13H24N6O.HI/c1-13(2,3)18-11(20)9-17-12(14-4)16-6-8-19-7-5-15-10-19;/h5,7,10H,6,8-9H2,1-4H3,(H,18,20)(H2,14,16,17);1H. The molecule has 21 heavy (non-hydrogen) atoms. The zero-order valence-electron chi connectivity index (χ0n) is 13.0. The van der Waals surface area contributed by atoms with Crippen molar-refractivity contribution in [1.29, 1.82) is 0 Å². The summed E-state index contributed by atoms with van der Waals surface area (Å²) in [6.45, 7) is 7.53. The quantitative estimate of drug-likeness (QED) is 0.378. The van der Waals surface area contributed by atoms with Crippen molar-refractivity contribution in [3.05, 3.63) is 18.7 Å². The van der Waals surface area contributed by atoms with Gasteiger partial charge >= 0.3 is 0 Å². The SMILES string of the molecule is CN=C(NCCn1ccnc1)NCC(=O)NC(C)(C)C.I. The molecule has 0 aliphatic rings. The predicted octanol–water partition coefficient (Wildman–Crippen LogP) is 0.581. The first-order valence-corrected chi connectivity index (χ1v) is 6.62.